The molecule has 0 N–H and O–H groups in total. The summed E-state index contributed by atoms with van der Waals surface area (Å²) in [6.45, 7) is 0. The Bertz CT molecular complexity index is 138. The largest absolute Gasteiger partial charge is 0.550 e. The van der Waals surface area contributed by atoms with E-state index < -0.39 is 11.8 Å². The van der Waals surface area contributed by atoms with Crippen molar-refractivity contribution in [3.05, 3.63) is 0 Å². The van der Waals surface area contributed by atoms with Gasteiger partial charge in [-0.25, -0.2) is 0 Å². The fourth-order valence-electron chi connectivity index (χ4n) is 0.284. The monoisotopic (exact) mass is 129 g/mol. The van der Waals surface area contributed by atoms with Crippen LogP contribution in [0, 0.1) is 0 Å². The third-order valence-corrected chi connectivity index (χ3v) is 0.707. The van der Waals surface area contributed by atoms with Crippen molar-refractivity contribution in [2.24, 2.45) is 0 Å². The molecule has 0 rings (SSSR count). The van der Waals surface area contributed by atoms with E-state index >= 15 is 0 Å². The van der Waals surface area contributed by atoms with Gasteiger partial charge in [-0.05, 0) is 6.42 Å². The summed E-state index contributed by atoms with van der Waals surface area (Å²) >= 11 is 0. The van der Waals surface area contributed by atoms with Crippen molar-refractivity contribution in [1.82, 2.24) is 0 Å². The third kappa shape index (κ3) is 4.67. The fraction of sp³-hybridized carbons (Fsp3) is 0.400. The lowest BCUT2D eigenvalue weighted by Crippen LogP contribution is -2.22. The Hall–Kier alpha value is -1.19. The minimum Gasteiger partial charge on any atom is -0.550 e. The van der Waals surface area contributed by atoms with Gasteiger partial charge in [-0.1, -0.05) is 0 Å². The lowest BCUT2D eigenvalue weighted by Gasteiger charge is -1.94. The van der Waals surface area contributed by atoms with Gasteiger partial charge >= 0.3 is 0 Å². The molecule has 0 spiro atoms. The van der Waals surface area contributed by atoms with Crippen LogP contribution >= 0.6 is 0 Å². The third-order valence-electron chi connectivity index (χ3n) is 0.707. The zero-order valence-corrected chi connectivity index (χ0v) is 4.62. The van der Waals surface area contributed by atoms with Crippen LogP contribution in [0.15, 0.2) is 0 Å². The van der Waals surface area contributed by atoms with Crippen LogP contribution in [0.2, 0.25) is 0 Å². The number of hydrogen-bond acceptors (Lipinski definition) is 4. The summed E-state index contributed by atoms with van der Waals surface area (Å²) in [4.78, 5) is 29.3. The van der Waals surface area contributed by atoms with E-state index in [-0.39, 0.29) is 19.1 Å². The predicted octanol–water partition coefficient (Wildman–Crippen LogP) is -1.72. The molecule has 0 radical (unpaired) electrons. The van der Waals surface area contributed by atoms with Gasteiger partial charge in [-0.3, -0.25) is 9.59 Å². The highest BCUT2D eigenvalue weighted by atomic mass is 16.4. The molecule has 0 aromatic heterocycles. The molecule has 0 saturated carbocycles. The smallest absolute Gasteiger partial charge is 0.195 e. The van der Waals surface area contributed by atoms with Crippen LogP contribution in [0.25, 0.3) is 0 Å². The number of Topliss-reactive ketones (excluding diaryl/α,β-unsaturated/α-hetero) is 1. The highest BCUT2D eigenvalue weighted by Crippen LogP contribution is 1.85. The zero-order chi connectivity index (χ0) is 7.28. The number of carboxylic acids is 1. The molecule has 0 aliphatic carbocycles. The number of ketones is 1. The van der Waals surface area contributed by atoms with Crippen molar-refractivity contribution >= 4 is 18.0 Å². The molecule has 0 unspecified atom stereocenters. The Kier molecular flexibility index (Phi) is 3.27. The van der Waals surface area contributed by atoms with Crippen molar-refractivity contribution in [1.29, 1.82) is 0 Å². The van der Waals surface area contributed by atoms with Gasteiger partial charge in [-0.2, -0.15) is 0 Å². The molecule has 0 bridgehead atoms. The SMILES string of the molecule is O=CC(=O)CCC(=O)[O-]. The number of carbonyl (C=O) groups is 3. The first-order valence-electron chi connectivity index (χ1n) is 2.34. The molecule has 0 aromatic rings. The molecule has 0 heterocycles. The van der Waals surface area contributed by atoms with Crippen molar-refractivity contribution in [2.45, 2.75) is 12.8 Å². The topological polar surface area (TPSA) is 74.3 Å². The van der Waals surface area contributed by atoms with Crippen LogP contribution < -0.4 is 5.11 Å². The number of aldehydes is 1. The minimum atomic E-state index is -1.31. The van der Waals surface area contributed by atoms with Gasteiger partial charge in [0.1, 0.15) is 0 Å². The van der Waals surface area contributed by atoms with Gasteiger partial charge in [-0.15, -0.1) is 0 Å². The van der Waals surface area contributed by atoms with E-state index in [1.54, 1.807) is 0 Å². The molecule has 0 aliphatic heterocycles. The molecular formula is C5H5O4-. The van der Waals surface area contributed by atoms with E-state index in [9.17, 15) is 19.5 Å². The molecule has 4 heteroatoms. The van der Waals surface area contributed by atoms with Crippen molar-refractivity contribution < 1.29 is 19.5 Å². The first-order chi connectivity index (χ1) is 4.16. The molecule has 0 amide bonds. The Labute approximate surface area is 51.5 Å². The van der Waals surface area contributed by atoms with Gasteiger partial charge in [0, 0.05) is 12.4 Å². The number of hydrogen-bond donors (Lipinski definition) is 0. The van der Waals surface area contributed by atoms with Crippen molar-refractivity contribution in [3.63, 3.8) is 0 Å². The van der Waals surface area contributed by atoms with Crippen LogP contribution in [0.4, 0.5) is 0 Å². The minimum absolute atomic E-state index is 0.100. The lowest BCUT2D eigenvalue weighted by atomic mass is 10.2. The molecule has 0 atom stereocenters. The molecule has 9 heavy (non-hydrogen) atoms. The summed E-state index contributed by atoms with van der Waals surface area (Å²) in [7, 11) is 0. The molecule has 0 fully saturated rings. The van der Waals surface area contributed by atoms with Crippen LogP contribution in [0.3, 0.4) is 0 Å². The van der Waals surface area contributed by atoms with Crippen molar-refractivity contribution in [2.75, 3.05) is 0 Å². The molecule has 0 saturated heterocycles. The standard InChI is InChI=1S/C5H6O4/c6-3-4(7)1-2-5(8)9/h3H,1-2H2,(H,8,9)/p-1. The average molecular weight is 129 g/mol. The Balaban J connectivity index is 3.39. The second kappa shape index (κ2) is 3.77. The summed E-state index contributed by atoms with van der Waals surface area (Å²) in [5.74, 6) is -2.02. The summed E-state index contributed by atoms with van der Waals surface area (Å²) in [6, 6.07) is 0. The Morgan fingerprint density at radius 1 is 1.33 bits per heavy atom. The molecule has 0 aromatic carbocycles. The highest BCUT2D eigenvalue weighted by molar-refractivity contribution is 6.25. The van der Waals surface area contributed by atoms with Crippen LogP contribution in [-0.4, -0.2) is 18.0 Å². The van der Waals surface area contributed by atoms with E-state index in [1.165, 1.54) is 0 Å². The molecular weight excluding hydrogens is 124 g/mol. The average Bonchev–Trinajstić information content (AvgIpc) is 1.83. The van der Waals surface area contributed by atoms with Crippen molar-refractivity contribution in [3.8, 4) is 0 Å². The maximum absolute atomic E-state index is 10.1. The van der Waals surface area contributed by atoms with Crippen LogP contribution in [0.5, 0.6) is 0 Å². The Morgan fingerprint density at radius 3 is 2.22 bits per heavy atom. The second-order valence-corrected chi connectivity index (χ2v) is 1.46. The second-order valence-electron chi connectivity index (χ2n) is 1.46. The van der Waals surface area contributed by atoms with Gasteiger partial charge < -0.3 is 9.90 Å². The van der Waals surface area contributed by atoms with Gasteiger partial charge in [0.2, 0.25) is 0 Å². The van der Waals surface area contributed by atoms with E-state index in [0.717, 1.165) is 0 Å². The molecule has 50 valence electrons. The normalized spacial score (nSPS) is 8.44. The summed E-state index contributed by atoms with van der Waals surface area (Å²) in [5, 5.41) is 9.64. The summed E-state index contributed by atoms with van der Waals surface area (Å²) < 4.78 is 0. The summed E-state index contributed by atoms with van der Waals surface area (Å²) in [6.07, 6.45) is -0.535. The number of aliphatic carboxylic acids is 1. The van der Waals surface area contributed by atoms with Gasteiger partial charge in [0.05, 0.1) is 0 Å². The highest BCUT2D eigenvalue weighted by Gasteiger charge is 1.96. The maximum Gasteiger partial charge on any atom is 0.195 e. The predicted molar refractivity (Wildman–Crippen MR) is 25.3 cm³/mol. The molecule has 4 nitrogen and oxygen atoms in total. The van der Waals surface area contributed by atoms with Gasteiger partial charge in [0.15, 0.2) is 12.1 Å². The van der Waals surface area contributed by atoms with E-state index in [1.807, 2.05) is 0 Å². The lowest BCUT2D eigenvalue weighted by molar-refractivity contribution is -0.305. The quantitative estimate of drug-likeness (QED) is 0.334. The van der Waals surface area contributed by atoms with E-state index in [0.29, 0.717) is 0 Å². The summed E-state index contributed by atoms with van der Waals surface area (Å²) in [5.41, 5.74) is 0. The number of carboxylic acid groups (broad SMARTS) is 1. The zero-order valence-electron chi connectivity index (χ0n) is 4.62. The van der Waals surface area contributed by atoms with E-state index in [4.69, 9.17) is 0 Å². The van der Waals surface area contributed by atoms with Gasteiger partial charge in [0.25, 0.3) is 0 Å². The van der Waals surface area contributed by atoms with E-state index in [2.05, 4.69) is 0 Å². The van der Waals surface area contributed by atoms with Crippen LogP contribution in [-0.2, 0) is 14.4 Å². The number of rotatable bonds is 4. The van der Waals surface area contributed by atoms with Crippen LogP contribution in [0.1, 0.15) is 12.8 Å². The first-order valence-corrected chi connectivity index (χ1v) is 2.34. The number of carbonyl (C=O) groups excluding carboxylic acids is 3. The maximum atomic E-state index is 10.1. The molecule has 0 aliphatic rings. The fourth-order valence-corrected chi connectivity index (χ4v) is 0.284. The Morgan fingerprint density at radius 2 is 1.89 bits per heavy atom. The first kappa shape index (κ1) is 7.81.